The Morgan fingerprint density at radius 3 is 2.28 bits per heavy atom. The number of ether oxygens (including phenoxy) is 4. The van der Waals surface area contributed by atoms with E-state index in [0.717, 1.165) is 10.9 Å². The first-order chi connectivity index (χ1) is 20.8. The lowest BCUT2D eigenvalue weighted by molar-refractivity contribution is 0.0733. The normalized spacial score (nSPS) is 11.0. The Morgan fingerprint density at radius 2 is 1.60 bits per heavy atom. The minimum absolute atomic E-state index is 0.180. The largest absolute Gasteiger partial charge is 0.493 e. The molecule has 2 N–H and O–H groups in total. The van der Waals surface area contributed by atoms with Crippen LogP contribution < -0.4 is 24.4 Å². The summed E-state index contributed by atoms with van der Waals surface area (Å²) < 4.78 is 22.4. The van der Waals surface area contributed by atoms with Crippen LogP contribution in [0.3, 0.4) is 0 Å². The summed E-state index contributed by atoms with van der Waals surface area (Å²) in [6.07, 6.45) is 1.39. The second kappa shape index (κ2) is 13.0. The van der Waals surface area contributed by atoms with Gasteiger partial charge in [0.15, 0.2) is 11.5 Å². The van der Waals surface area contributed by atoms with Crippen LogP contribution in [0.25, 0.3) is 22.0 Å². The molecule has 1 aromatic heterocycles. The molecule has 1 amide bonds. The molecule has 0 radical (unpaired) electrons. The number of hydrogen-bond acceptors (Lipinski definition) is 7. The molecule has 9 nitrogen and oxygen atoms in total. The van der Waals surface area contributed by atoms with Crippen molar-refractivity contribution in [3.8, 4) is 34.1 Å². The van der Waals surface area contributed by atoms with Crippen molar-refractivity contribution in [1.82, 2.24) is 10.4 Å². The molecular formula is C32H25BrClN3O6. The summed E-state index contributed by atoms with van der Waals surface area (Å²) in [5.41, 5.74) is 5.67. The Balaban J connectivity index is 1.41. The van der Waals surface area contributed by atoms with E-state index >= 15 is 0 Å². The number of aromatic nitrogens is 1. The zero-order chi connectivity index (χ0) is 30.5. The number of para-hydroxylation sites is 1. The molecule has 218 valence electrons. The van der Waals surface area contributed by atoms with E-state index in [1.54, 1.807) is 24.3 Å². The highest BCUT2D eigenvalue weighted by Crippen LogP contribution is 2.39. The van der Waals surface area contributed by atoms with Crippen molar-refractivity contribution in [2.24, 2.45) is 5.10 Å². The summed E-state index contributed by atoms with van der Waals surface area (Å²) in [6, 6.07) is 23.0. The van der Waals surface area contributed by atoms with Gasteiger partial charge in [0.2, 0.25) is 5.75 Å². The summed E-state index contributed by atoms with van der Waals surface area (Å²) in [6.45, 7) is 0. The number of H-pyrrole nitrogens is 1. The Kier molecular flexibility index (Phi) is 8.98. The van der Waals surface area contributed by atoms with Gasteiger partial charge >= 0.3 is 5.97 Å². The number of aromatic amines is 1. The third-order valence-corrected chi connectivity index (χ3v) is 7.33. The summed E-state index contributed by atoms with van der Waals surface area (Å²) in [5, 5.41) is 5.46. The zero-order valence-corrected chi connectivity index (χ0v) is 25.6. The summed E-state index contributed by atoms with van der Waals surface area (Å²) in [4.78, 5) is 29.6. The second-order valence-corrected chi connectivity index (χ2v) is 10.4. The summed E-state index contributed by atoms with van der Waals surface area (Å²) >= 11 is 9.85. The van der Waals surface area contributed by atoms with E-state index in [1.807, 2.05) is 42.5 Å². The molecule has 5 aromatic rings. The maximum absolute atomic E-state index is 13.4. The van der Waals surface area contributed by atoms with Gasteiger partial charge in [-0.3, -0.25) is 4.79 Å². The second-order valence-electron chi connectivity index (χ2n) is 9.09. The number of nitrogens with one attached hydrogen (secondary N) is 2. The molecule has 0 aliphatic rings. The van der Waals surface area contributed by atoms with Crippen molar-refractivity contribution in [3.05, 3.63) is 105 Å². The number of hydrazone groups is 1. The van der Waals surface area contributed by atoms with Crippen LogP contribution in [0.5, 0.6) is 23.0 Å². The predicted octanol–water partition coefficient (Wildman–Crippen LogP) is 7.26. The number of hydrogen-bond donors (Lipinski definition) is 2. The molecule has 0 aliphatic carbocycles. The van der Waals surface area contributed by atoms with Crippen LogP contribution in [0.2, 0.25) is 5.02 Å². The molecule has 1 heterocycles. The van der Waals surface area contributed by atoms with E-state index in [0.29, 0.717) is 49.1 Å². The van der Waals surface area contributed by atoms with E-state index in [1.165, 1.54) is 39.7 Å². The van der Waals surface area contributed by atoms with E-state index in [-0.39, 0.29) is 11.3 Å². The van der Waals surface area contributed by atoms with E-state index < -0.39 is 11.9 Å². The first-order valence-corrected chi connectivity index (χ1v) is 14.0. The monoisotopic (exact) mass is 661 g/mol. The highest BCUT2D eigenvalue weighted by atomic mass is 79.9. The standard InChI is InChI=1S/C32H25BrClN3O6/c1-40-25-15-19(16-26(41-2)30(25)42-3)32(39)43-24-13-12-21(33)14-20(24)17-35-37-31(38)29-27(18-8-5-4-6-9-18)22-10-7-11-23(34)28(22)36-29/h4-17,36H,1-3H3,(H,37,38). The number of fused-ring (bicyclic) bond motifs is 1. The van der Waals surface area contributed by atoms with Gasteiger partial charge < -0.3 is 23.9 Å². The fourth-order valence-electron chi connectivity index (χ4n) is 4.54. The van der Waals surface area contributed by atoms with Crippen molar-refractivity contribution in [1.29, 1.82) is 0 Å². The lowest BCUT2D eigenvalue weighted by Gasteiger charge is -2.14. The van der Waals surface area contributed by atoms with Gasteiger partial charge in [-0.15, -0.1) is 0 Å². The summed E-state index contributed by atoms with van der Waals surface area (Å²) in [7, 11) is 4.38. The lowest BCUT2D eigenvalue weighted by atomic mass is 10.0. The number of esters is 1. The number of methoxy groups -OCH3 is 3. The molecule has 0 saturated carbocycles. The SMILES string of the molecule is COc1cc(C(=O)Oc2ccc(Br)cc2C=NNC(=O)c2[nH]c3c(Cl)cccc3c2-c2ccccc2)cc(OC)c1OC. The van der Waals surface area contributed by atoms with Crippen LogP contribution in [0.15, 0.2) is 88.4 Å². The number of carbonyl (C=O) groups is 2. The average molecular weight is 663 g/mol. The van der Waals surface area contributed by atoms with Gasteiger partial charge in [0.1, 0.15) is 11.4 Å². The highest BCUT2D eigenvalue weighted by Gasteiger charge is 2.21. The maximum Gasteiger partial charge on any atom is 0.343 e. The van der Waals surface area contributed by atoms with Crippen LogP contribution >= 0.6 is 27.5 Å². The number of benzene rings is 4. The number of amides is 1. The Hall–Kier alpha value is -4.80. The van der Waals surface area contributed by atoms with Gasteiger partial charge in [-0.2, -0.15) is 5.10 Å². The van der Waals surface area contributed by atoms with Crippen LogP contribution in [0.1, 0.15) is 26.4 Å². The highest BCUT2D eigenvalue weighted by molar-refractivity contribution is 9.10. The molecule has 5 rings (SSSR count). The first-order valence-electron chi connectivity index (χ1n) is 12.8. The molecule has 43 heavy (non-hydrogen) atoms. The minimum Gasteiger partial charge on any atom is -0.493 e. The Bertz CT molecular complexity index is 1830. The summed E-state index contributed by atoms with van der Waals surface area (Å²) in [5.74, 6) is 0.0317. The molecule has 11 heteroatoms. The molecule has 0 fully saturated rings. The lowest BCUT2D eigenvalue weighted by Crippen LogP contribution is -2.19. The molecular weight excluding hydrogens is 638 g/mol. The average Bonchev–Trinajstić information content (AvgIpc) is 3.43. The van der Waals surface area contributed by atoms with Gasteiger partial charge in [-0.05, 0) is 42.0 Å². The van der Waals surface area contributed by atoms with Crippen molar-refractivity contribution in [2.75, 3.05) is 21.3 Å². The van der Waals surface area contributed by atoms with Crippen molar-refractivity contribution in [2.45, 2.75) is 0 Å². The van der Waals surface area contributed by atoms with Crippen LogP contribution in [-0.4, -0.2) is 44.4 Å². The Morgan fingerprint density at radius 1 is 0.884 bits per heavy atom. The fourth-order valence-corrected chi connectivity index (χ4v) is 5.14. The van der Waals surface area contributed by atoms with E-state index in [2.05, 4.69) is 31.4 Å². The first kappa shape index (κ1) is 29.7. The topological polar surface area (TPSA) is 111 Å². The Labute approximate surface area is 260 Å². The maximum atomic E-state index is 13.4. The van der Waals surface area contributed by atoms with Gasteiger partial charge in [-0.25, -0.2) is 10.2 Å². The number of nitrogens with zero attached hydrogens (tertiary/aromatic N) is 1. The van der Waals surface area contributed by atoms with Crippen molar-refractivity contribution in [3.63, 3.8) is 0 Å². The van der Waals surface area contributed by atoms with E-state index in [9.17, 15) is 9.59 Å². The molecule has 0 atom stereocenters. The van der Waals surface area contributed by atoms with Gasteiger partial charge in [0.05, 0.1) is 43.6 Å². The number of halogens is 2. The third-order valence-electron chi connectivity index (χ3n) is 6.52. The van der Waals surface area contributed by atoms with Gasteiger partial charge in [-0.1, -0.05) is 70.0 Å². The molecule has 0 saturated heterocycles. The quantitative estimate of drug-likeness (QED) is 0.0744. The van der Waals surface area contributed by atoms with Crippen LogP contribution in [-0.2, 0) is 0 Å². The van der Waals surface area contributed by atoms with Crippen LogP contribution in [0.4, 0.5) is 0 Å². The third kappa shape index (κ3) is 6.20. The predicted molar refractivity (Wildman–Crippen MR) is 169 cm³/mol. The number of carbonyl (C=O) groups excluding carboxylic acids is 2. The molecule has 0 spiro atoms. The molecule has 0 unspecified atom stereocenters. The molecule has 0 bridgehead atoms. The van der Waals surface area contributed by atoms with E-state index in [4.69, 9.17) is 30.5 Å². The molecule has 4 aromatic carbocycles. The van der Waals surface area contributed by atoms with Crippen molar-refractivity contribution < 1.29 is 28.5 Å². The minimum atomic E-state index is -0.664. The fraction of sp³-hybridized carbons (Fsp3) is 0.0938. The van der Waals surface area contributed by atoms with Crippen molar-refractivity contribution >= 4 is 56.5 Å². The zero-order valence-electron chi connectivity index (χ0n) is 23.2. The van der Waals surface area contributed by atoms with Gasteiger partial charge in [0.25, 0.3) is 5.91 Å². The van der Waals surface area contributed by atoms with Gasteiger partial charge in [0, 0.05) is 21.0 Å². The smallest absolute Gasteiger partial charge is 0.343 e. The number of rotatable bonds is 9. The van der Waals surface area contributed by atoms with Crippen LogP contribution in [0, 0.1) is 0 Å². The molecule has 0 aliphatic heterocycles.